The quantitative estimate of drug-likeness (QED) is 0.825. The van der Waals surface area contributed by atoms with Crippen LogP contribution < -0.4 is 0 Å². The number of likely N-dealkylation sites (tertiary alicyclic amines) is 1. The number of amides is 1. The van der Waals surface area contributed by atoms with E-state index in [1.165, 1.54) is 43.6 Å². The Labute approximate surface area is 155 Å². The minimum atomic E-state index is 0.175. The second-order valence-corrected chi connectivity index (χ2v) is 8.77. The number of hydrogen-bond donors (Lipinski definition) is 0. The highest BCUT2D eigenvalue weighted by Crippen LogP contribution is 2.30. The summed E-state index contributed by atoms with van der Waals surface area (Å²) in [5.41, 5.74) is 3.37. The molecule has 1 aliphatic carbocycles. The Bertz CT molecular complexity index is 617. The lowest BCUT2D eigenvalue weighted by atomic mass is 9.90. The van der Waals surface area contributed by atoms with Crippen LogP contribution >= 0.6 is 11.8 Å². The number of thioether (sulfide) groups is 1. The Morgan fingerprint density at radius 3 is 2.68 bits per heavy atom. The van der Waals surface area contributed by atoms with Crippen LogP contribution in [0.25, 0.3) is 0 Å². The molecule has 2 aliphatic heterocycles. The van der Waals surface area contributed by atoms with Crippen LogP contribution in [0.2, 0.25) is 0 Å². The maximum Gasteiger partial charge on any atom is 0.274 e. The Morgan fingerprint density at radius 1 is 1.20 bits per heavy atom. The van der Waals surface area contributed by atoms with E-state index in [0.717, 1.165) is 56.1 Å². The molecule has 1 unspecified atom stereocenters. The van der Waals surface area contributed by atoms with Gasteiger partial charge < -0.3 is 9.80 Å². The van der Waals surface area contributed by atoms with Crippen molar-refractivity contribution in [2.45, 2.75) is 58.0 Å². The number of nitrogens with zero attached hydrogens (tertiary/aromatic N) is 4. The number of carbonyl (C=O) groups excluding carboxylic acids is 1. The molecule has 4 rings (SSSR count). The maximum absolute atomic E-state index is 13.1. The monoisotopic (exact) mass is 362 g/mol. The van der Waals surface area contributed by atoms with Crippen molar-refractivity contribution in [3.8, 4) is 0 Å². The van der Waals surface area contributed by atoms with Gasteiger partial charge in [-0.2, -0.15) is 16.9 Å². The van der Waals surface area contributed by atoms with E-state index in [4.69, 9.17) is 5.10 Å². The molecule has 3 heterocycles. The minimum Gasteiger partial charge on any atom is -0.336 e. The average Bonchev–Trinajstić information content (AvgIpc) is 3.30. The number of aryl methyl sites for hydroxylation is 1. The summed E-state index contributed by atoms with van der Waals surface area (Å²) in [7, 11) is 0. The first kappa shape index (κ1) is 17.4. The van der Waals surface area contributed by atoms with E-state index in [9.17, 15) is 4.79 Å². The third kappa shape index (κ3) is 3.47. The predicted octanol–water partition coefficient (Wildman–Crippen LogP) is 2.44. The molecule has 0 N–H and O–H groups in total. The van der Waals surface area contributed by atoms with Gasteiger partial charge in [-0.25, -0.2) is 0 Å². The lowest BCUT2D eigenvalue weighted by Crippen LogP contribution is -2.40. The number of hydrogen-bond acceptors (Lipinski definition) is 4. The number of aromatic nitrogens is 2. The van der Waals surface area contributed by atoms with Crippen LogP contribution in [0.15, 0.2) is 0 Å². The summed E-state index contributed by atoms with van der Waals surface area (Å²) < 4.78 is 2.14. The van der Waals surface area contributed by atoms with Gasteiger partial charge in [-0.05, 0) is 51.6 Å². The molecule has 6 heteroatoms. The Hall–Kier alpha value is -1.01. The van der Waals surface area contributed by atoms with Crippen LogP contribution in [0, 0.1) is 0 Å². The molecule has 1 aromatic heterocycles. The molecule has 138 valence electrons. The van der Waals surface area contributed by atoms with Crippen molar-refractivity contribution in [3.63, 3.8) is 0 Å². The molecule has 0 aromatic carbocycles. The second kappa shape index (κ2) is 7.70. The van der Waals surface area contributed by atoms with Crippen molar-refractivity contribution in [3.05, 3.63) is 17.0 Å². The molecule has 2 saturated heterocycles. The van der Waals surface area contributed by atoms with Crippen molar-refractivity contribution in [1.82, 2.24) is 19.6 Å². The molecule has 0 saturated carbocycles. The second-order valence-electron chi connectivity index (χ2n) is 7.54. The van der Waals surface area contributed by atoms with Gasteiger partial charge in [0.05, 0.1) is 0 Å². The Balaban J connectivity index is 1.61. The maximum atomic E-state index is 13.1. The van der Waals surface area contributed by atoms with Crippen LogP contribution in [0.4, 0.5) is 0 Å². The SMILES string of the molecule is CCCn1nc(C(=O)N2CCSCC2)c2c1CCC(N1CCCC1)C2. The zero-order valence-corrected chi connectivity index (χ0v) is 16.2. The molecule has 1 atom stereocenters. The zero-order chi connectivity index (χ0) is 17.2. The summed E-state index contributed by atoms with van der Waals surface area (Å²) in [5.74, 6) is 2.29. The van der Waals surface area contributed by atoms with Crippen molar-refractivity contribution in [1.29, 1.82) is 0 Å². The predicted molar refractivity (Wildman–Crippen MR) is 102 cm³/mol. The summed E-state index contributed by atoms with van der Waals surface area (Å²) in [5, 5.41) is 4.82. The van der Waals surface area contributed by atoms with Gasteiger partial charge in [-0.1, -0.05) is 6.92 Å². The van der Waals surface area contributed by atoms with Crippen LogP contribution in [0.3, 0.4) is 0 Å². The first-order valence-electron chi connectivity index (χ1n) is 9.97. The van der Waals surface area contributed by atoms with E-state index in [2.05, 4.69) is 16.5 Å². The smallest absolute Gasteiger partial charge is 0.274 e. The highest BCUT2D eigenvalue weighted by atomic mass is 32.2. The van der Waals surface area contributed by atoms with Crippen molar-refractivity contribution in [2.75, 3.05) is 37.7 Å². The van der Waals surface area contributed by atoms with E-state index in [1.54, 1.807) is 0 Å². The molecule has 3 aliphatic rings. The van der Waals surface area contributed by atoms with Crippen molar-refractivity contribution in [2.24, 2.45) is 0 Å². The van der Waals surface area contributed by atoms with Gasteiger partial charge in [0.15, 0.2) is 5.69 Å². The van der Waals surface area contributed by atoms with Gasteiger partial charge in [0.2, 0.25) is 0 Å². The summed E-state index contributed by atoms with van der Waals surface area (Å²) in [6.07, 6.45) is 7.04. The molecule has 0 radical (unpaired) electrons. The molecular formula is C19H30N4OS. The zero-order valence-electron chi connectivity index (χ0n) is 15.4. The lowest BCUT2D eigenvalue weighted by molar-refractivity contribution is 0.0763. The van der Waals surface area contributed by atoms with Gasteiger partial charge in [-0.3, -0.25) is 9.48 Å². The molecule has 25 heavy (non-hydrogen) atoms. The third-order valence-electron chi connectivity index (χ3n) is 5.91. The van der Waals surface area contributed by atoms with Crippen LogP contribution in [-0.2, 0) is 19.4 Å². The summed E-state index contributed by atoms with van der Waals surface area (Å²) >= 11 is 1.94. The van der Waals surface area contributed by atoms with E-state index in [0.29, 0.717) is 6.04 Å². The Kier molecular flexibility index (Phi) is 5.36. The first-order chi connectivity index (χ1) is 12.3. The van der Waals surface area contributed by atoms with Crippen LogP contribution in [0.1, 0.15) is 54.4 Å². The third-order valence-corrected chi connectivity index (χ3v) is 6.86. The molecule has 0 spiro atoms. The fourth-order valence-electron chi connectivity index (χ4n) is 4.57. The number of rotatable bonds is 4. The first-order valence-corrected chi connectivity index (χ1v) is 11.1. The van der Waals surface area contributed by atoms with Crippen LogP contribution in [0.5, 0.6) is 0 Å². The highest BCUT2D eigenvalue weighted by molar-refractivity contribution is 7.99. The van der Waals surface area contributed by atoms with Gasteiger partial charge in [0.25, 0.3) is 5.91 Å². The molecule has 0 bridgehead atoms. The lowest BCUT2D eigenvalue weighted by Gasteiger charge is -2.32. The normalized spacial score (nSPS) is 24.5. The highest BCUT2D eigenvalue weighted by Gasteiger charge is 2.34. The fraction of sp³-hybridized carbons (Fsp3) is 0.789. The van der Waals surface area contributed by atoms with E-state index in [1.807, 2.05) is 16.7 Å². The number of carbonyl (C=O) groups is 1. The minimum absolute atomic E-state index is 0.175. The van der Waals surface area contributed by atoms with Gasteiger partial charge >= 0.3 is 0 Å². The van der Waals surface area contributed by atoms with Gasteiger partial charge in [-0.15, -0.1) is 0 Å². The molecule has 2 fully saturated rings. The van der Waals surface area contributed by atoms with E-state index < -0.39 is 0 Å². The van der Waals surface area contributed by atoms with E-state index >= 15 is 0 Å². The number of fused-ring (bicyclic) bond motifs is 1. The summed E-state index contributed by atoms with van der Waals surface area (Å²) in [6, 6.07) is 0.609. The van der Waals surface area contributed by atoms with Gasteiger partial charge in [0.1, 0.15) is 0 Å². The van der Waals surface area contributed by atoms with Gasteiger partial charge in [0, 0.05) is 48.4 Å². The summed E-state index contributed by atoms with van der Waals surface area (Å²) in [6.45, 7) is 7.32. The molecule has 1 aromatic rings. The molecule has 5 nitrogen and oxygen atoms in total. The van der Waals surface area contributed by atoms with Crippen molar-refractivity contribution < 1.29 is 4.79 Å². The van der Waals surface area contributed by atoms with Crippen molar-refractivity contribution >= 4 is 17.7 Å². The summed E-state index contributed by atoms with van der Waals surface area (Å²) in [4.78, 5) is 17.8. The standard InChI is InChI=1S/C19H30N4OS/c1-2-7-23-17-6-5-15(21-8-3-4-9-21)14-16(17)18(20-23)19(24)22-10-12-25-13-11-22/h15H,2-14H2,1H3. The Morgan fingerprint density at radius 2 is 1.96 bits per heavy atom. The fourth-order valence-corrected chi connectivity index (χ4v) is 5.48. The average molecular weight is 363 g/mol. The molecule has 1 amide bonds. The molecular weight excluding hydrogens is 332 g/mol. The largest absolute Gasteiger partial charge is 0.336 e. The topological polar surface area (TPSA) is 41.4 Å². The van der Waals surface area contributed by atoms with Crippen LogP contribution in [-0.4, -0.2) is 69.2 Å². The van der Waals surface area contributed by atoms with E-state index in [-0.39, 0.29) is 5.91 Å².